The SMILES string of the molecule is COC1CCC(NC(=O)/C=C/C(=O)OC2CCC3C4CCc5cc(O)ccc5C4CCC23C)C(O)C1C(N)=O. The second-order valence-corrected chi connectivity index (χ2v) is 12.1. The van der Waals surface area contributed by atoms with Crippen molar-refractivity contribution >= 4 is 17.8 Å². The summed E-state index contributed by atoms with van der Waals surface area (Å²) in [5.74, 6) is -0.887. The van der Waals surface area contributed by atoms with Crippen molar-refractivity contribution in [3.8, 4) is 5.75 Å². The van der Waals surface area contributed by atoms with Crippen molar-refractivity contribution < 1.29 is 34.1 Å². The van der Waals surface area contributed by atoms with Crippen LogP contribution in [0.3, 0.4) is 0 Å². The number of carbonyl (C=O) groups is 3. The molecule has 0 spiro atoms. The van der Waals surface area contributed by atoms with Crippen LogP contribution in [0.25, 0.3) is 0 Å². The van der Waals surface area contributed by atoms with Crippen LogP contribution in [0.15, 0.2) is 30.4 Å². The molecule has 5 rings (SSSR count). The van der Waals surface area contributed by atoms with Gasteiger partial charge in [-0.3, -0.25) is 9.59 Å². The summed E-state index contributed by atoms with van der Waals surface area (Å²) >= 11 is 0. The number of primary amides is 1. The number of methoxy groups -OCH3 is 1. The Kier molecular flexibility index (Phi) is 7.75. The molecule has 0 heterocycles. The predicted molar refractivity (Wildman–Crippen MR) is 142 cm³/mol. The zero-order valence-corrected chi connectivity index (χ0v) is 22.7. The third kappa shape index (κ3) is 5.18. The lowest BCUT2D eigenvalue weighted by molar-refractivity contribution is -0.151. The number of aryl methyl sites for hydroxylation is 1. The van der Waals surface area contributed by atoms with Crippen molar-refractivity contribution in [1.82, 2.24) is 5.32 Å². The van der Waals surface area contributed by atoms with E-state index in [1.807, 2.05) is 6.07 Å². The second kappa shape index (κ2) is 10.9. The fourth-order valence-corrected chi connectivity index (χ4v) is 8.21. The highest BCUT2D eigenvalue weighted by atomic mass is 16.5. The highest BCUT2D eigenvalue weighted by Gasteiger charge is 2.56. The number of aromatic hydroxyl groups is 1. The van der Waals surface area contributed by atoms with Gasteiger partial charge in [-0.15, -0.1) is 0 Å². The number of nitrogens with one attached hydrogen (secondary N) is 1. The minimum Gasteiger partial charge on any atom is -0.508 e. The first kappa shape index (κ1) is 27.6. The van der Waals surface area contributed by atoms with Crippen molar-refractivity contribution in [1.29, 1.82) is 0 Å². The highest BCUT2D eigenvalue weighted by molar-refractivity contribution is 5.94. The summed E-state index contributed by atoms with van der Waals surface area (Å²) in [6, 6.07) is 5.11. The van der Waals surface area contributed by atoms with Crippen LogP contribution in [0.4, 0.5) is 0 Å². The number of hydrogen-bond donors (Lipinski definition) is 4. The maximum atomic E-state index is 12.7. The Bertz CT molecular complexity index is 1150. The quantitative estimate of drug-likeness (QED) is 0.320. The van der Waals surface area contributed by atoms with Gasteiger partial charge < -0.3 is 30.7 Å². The van der Waals surface area contributed by atoms with Crippen LogP contribution < -0.4 is 11.1 Å². The summed E-state index contributed by atoms with van der Waals surface area (Å²) in [6.07, 6.45) is 7.12. The van der Waals surface area contributed by atoms with Crippen LogP contribution in [0.5, 0.6) is 5.75 Å². The van der Waals surface area contributed by atoms with E-state index in [4.69, 9.17) is 15.2 Å². The molecule has 212 valence electrons. The van der Waals surface area contributed by atoms with Crippen LogP contribution in [0, 0.1) is 23.2 Å². The third-order valence-corrected chi connectivity index (χ3v) is 10.2. The first-order valence-corrected chi connectivity index (χ1v) is 14.1. The van der Waals surface area contributed by atoms with Crippen molar-refractivity contribution in [3.05, 3.63) is 41.5 Å². The van der Waals surface area contributed by atoms with Crippen molar-refractivity contribution in [2.45, 2.75) is 88.6 Å². The van der Waals surface area contributed by atoms with E-state index in [-0.39, 0.29) is 11.5 Å². The summed E-state index contributed by atoms with van der Waals surface area (Å²) in [6.45, 7) is 2.24. The largest absolute Gasteiger partial charge is 0.508 e. The summed E-state index contributed by atoms with van der Waals surface area (Å²) in [7, 11) is 1.46. The van der Waals surface area contributed by atoms with E-state index >= 15 is 0 Å². The number of hydrogen-bond acceptors (Lipinski definition) is 7. The molecule has 4 aliphatic rings. The summed E-state index contributed by atoms with van der Waals surface area (Å²) in [5.41, 5.74) is 7.96. The Morgan fingerprint density at radius 1 is 1.10 bits per heavy atom. The molecule has 5 N–H and O–H groups in total. The Morgan fingerprint density at radius 3 is 2.64 bits per heavy atom. The normalized spacial score (nSPS) is 37.4. The van der Waals surface area contributed by atoms with Gasteiger partial charge in [-0.25, -0.2) is 4.79 Å². The summed E-state index contributed by atoms with van der Waals surface area (Å²) in [4.78, 5) is 37.1. The molecule has 1 aromatic rings. The van der Waals surface area contributed by atoms with Gasteiger partial charge in [-0.1, -0.05) is 13.0 Å². The zero-order chi connectivity index (χ0) is 27.9. The maximum absolute atomic E-state index is 12.7. The molecular formula is C30H40N2O7. The van der Waals surface area contributed by atoms with Gasteiger partial charge in [0.15, 0.2) is 0 Å². The fraction of sp³-hybridized carbons (Fsp3) is 0.633. The van der Waals surface area contributed by atoms with Gasteiger partial charge in [-0.05, 0) is 92.4 Å². The van der Waals surface area contributed by atoms with Gasteiger partial charge in [0, 0.05) is 24.7 Å². The van der Waals surface area contributed by atoms with Crippen LogP contribution in [0.2, 0.25) is 0 Å². The molecule has 0 aliphatic heterocycles. The molecule has 2 amide bonds. The number of esters is 1. The van der Waals surface area contributed by atoms with Gasteiger partial charge in [0.05, 0.1) is 24.2 Å². The van der Waals surface area contributed by atoms with E-state index in [0.29, 0.717) is 36.3 Å². The molecule has 0 bridgehead atoms. The van der Waals surface area contributed by atoms with Gasteiger partial charge >= 0.3 is 5.97 Å². The van der Waals surface area contributed by atoms with E-state index in [2.05, 4.69) is 18.3 Å². The molecule has 39 heavy (non-hydrogen) atoms. The first-order chi connectivity index (χ1) is 18.6. The Balaban J connectivity index is 1.17. The first-order valence-electron chi connectivity index (χ1n) is 14.1. The molecule has 0 aromatic heterocycles. The molecular weight excluding hydrogens is 500 g/mol. The van der Waals surface area contributed by atoms with Crippen LogP contribution in [-0.4, -0.2) is 59.5 Å². The number of amides is 2. The Labute approximate surface area is 229 Å². The predicted octanol–water partition coefficient (Wildman–Crippen LogP) is 2.47. The van der Waals surface area contributed by atoms with Gasteiger partial charge in [0.25, 0.3) is 0 Å². The molecule has 0 radical (unpaired) electrons. The number of ether oxygens (including phenoxy) is 2. The molecule has 9 nitrogen and oxygen atoms in total. The number of aliphatic hydroxyl groups is 1. The number of benzene rings is 1. The van der Waals surface area contributed by atoms with E-state index < -0.39 is 42.0 Å². The fourth-order valence-electron chi connectivity index (χ4n) is 8.21. The smallest absolute Gasteiger partial charge is 0.331 e. The average Bonchev–Trinajstić information content (AvgIpc) is 3.23. The molecule has 9 unspecified atom stereocenters. The lowest BCUT2D eigenvalue weighted by atomic mass is 9.55. The van der Waals surface area contributed by atoms with Gasteiger partial charge in [0.2, 0.25) is 11.8 Å². The molecule has 9 heteroatoms. The summed E-state index contributed by atoms with van der Waals surface area (Å²) < 4.78 is 11.2. The van der Waals surface area contributed by atoms with Crippen LogP contribution >= 0.6 is 0 Å². The number of carbonyl (C=O) groups excluding carboxylic acids is 3. The number of nitrogens with two attached hydrogens (primary N) is 1. The number of rotatable bonds is 6. The molecule has 0 saturated heterocycles. The molecule has 4 aliphatic carbocycles. The topological polar surface area (TPSA) is 148 Å². The number of aliphatic hydroxyl groups excluding tert-OH is 1. The van der Waals surface area contributed by atoms with Crippen molar-refractivity contribution in [2.24, 2.45) is 28.9 Å². The number of fused-ring (bicyclic) bond motifs is 5. The van der Waals surface area contributed by atoms with E-state index in [1.54, 1.807) is 6.07 Å². The minimum absolute atomic E-state index is 0.102. The lowest BCUT2D eigenvalue weighted by Crippen LogP contribution is -2.56. The Morgan fingerprint density at radius 2 is 1.90 bits per heavy atom. The summed E-state index contributed by atoms with van der Waals surface area (Å²) in [5, 5.41) is 23.2. The van der Waals surface area contributed by atoms with Crippen LogP contribution in [-0.2, 0) is 30.3 Å². The van der Waals surface area contributed by atoms with Crippen LogP contribution in [0.1, 0.15) is 68.9 Å². The highest BCUT2D eigenvalue weighted by Crippen LogP contribution is 2.61. The number of phenolic OH excluding ortho intramolecular Hbond substituents is 1. The van der Waals surface area contributed by atoms with Gasteiger partial charge in [0.1, 0.15) is 11.9 Å². The lowest BCUT2D eigenvalue weighted by Gasteiger charge is -2.50. The monoisotopic (exact) mass is 540 g/mol. The van der Waals surface area contributed by atoms with Gasteiger partial charge in [-0.2, -0.15) is 0 Å². The standard InChI is InChI=1S/C30H40N2O7/c1-30-14-13-19-18-6-4-17(33)15-16(18)3-5-20(19)21(30)7-10-24(30)39-26(35)12-11-25(34)32-22-8-9-23(38-2)27(28(22)36)29(31)37/h4,6,11-12,15,19-24,27-28,33,36H,3,5,7-10,13-14H2,1-2H3,(H2,31,37)(H,32,34)/b12-11+. The third-order valence-electron chi connectivity index (χ3n) is 10.2. The molecule has 1 aromatic carbocycles. The van der Waals surface area contributed by atoms with E-state index in [9.17, 15) is 24.6 Å². The second-order valence-electron chi connectivity index (χ2n) is 12.1. The van der Waals surface area contributed by atoms with Crippen molar-refractivity contribution in [3.63, 3.8) is 0 Å². The number of phenols is 1. The average molecular weight is 541 g/mol. The Hall–Kier alpha value is -2.91. The van der Waals surface area contributed by atoms with E-state index in [1.165, 1.54) is 18.2 Å². The minimum atomic E-state index is -1.17. The molecule has 9 atom stereocenters. The molecule has 3 fully saturated rings. The van der Waals surface area contributed by atoms with E-state index in [0.717, 1.165) is 50.7 Å². The van der Waals surface area contributed by atoms with Crippen molar-refractivity contribution in [2.75, 3.05) is 7.11 Å². The maximum Gasteiger partial charge on any atom is 0.331 e. The molecule has 3 saturated carbocycles. The zero-order valence-electron chi connectivity index (χ0n) is 22.7.